The van der Waals surface area contributed by atoms with Crippen LogP contribution < -0.4 is 25.1 Å². The lowest BCUT2D eigenvalue weighted by Gasteiger charge is -2.42. The van der Waals surface area contributed by atoms with Crippen molar-refractivity contribution in [3.63, 3.8) is 0 Å². The SMILES string of the molecule is CC1(c2ccc(OCc3ccnc(N4CCCC4)n3)cc2)Cc2ccc(cc2)OCCCN1Nc1ccc2c(c1)C(=O)N(C1CCC(=O)NC1=O)C2=O. The molecule has 5 aliphatic heterocycles. The van der Waals surface area contributed by atoms with Crippen molar-refractivity contribution in [2.75, 3.05) is 36.6 Å². The average molecular weight is 716 g/mol. The van der Waals surface area contributed by atoms with Gasteiger partial charge in [-0.15, -0.1) is 0 Å². The first-order valence-electron chi connectivity index (χ1n) is 18.2. The fourth-order valence-electron chi connectivity index (χ4n) is 7.59. The summed E-state index contributed by atoms with van der Waals surface area (Å²) in [7, 11) is 0. The van der Waals surface area contributed by atoms with E-state index in [1.807, 2.05) is 30.3 Å². The predicted molar refractivity (Wildman–Crippen MR) is 195 cm³/mol. The van der Waals surface area contributed by atoms with Gasteiger partial charge in [0, 0.05) is 37.9 Å². The molecule has 0 spiro atoms. The fourth-order valence-corrected chi connectivity index (χ4v) is 7.59. The highest BCUT2D eigenvalue weighted by Gasteiger charge is 2.45. The number of imide groups is 2. The molecule has 4 amide bonds. The van der Waals surface area contributed by atoms with E-state index in [0.717, 1.165) is 65.1 Å². The van der Waals surface area contributed by atoms with Gasteiger partial charge in [-0.1, -0.05) is 24.3 Å². The number of piperidine rings is 1. The van der Waals surface area contributed by atoms with Gasteiger partial charge in [0.25, 0.3) is 11.8 Å². The van der Waals surface area contributed by atoms with Gasteiger partial charge in [0.15, 0.2) is 0 Å². The molecule has 6 heterocycles. The average Bonchev–Trinajstić information content (AvgIpc) is 3.79. The lowest BCUT2D eigenvalue weighted by Crippen LogP contribution is -2.54. The van der Waals surface area contributed by atoms with Crippen molar-refractivity contribution >= 4 is 35.3 Å². The molecule has 5 aliphatic rings. The molecule has 9 rings (SSSR count). The molecule has 0 saturated carbocycles. The molecule has 0 radical (unpaired) electrons. The fraction of sp³-hybridized carbons (Fsp3) is 0.350. The number of hydrogen-bond acceptors (Lipinski definition) is 11. The number of benzene rings is 3. The maximum atomic E-state index is 13.6. The first kappa shape index (κ1) is 34.3. The second-order valence-corrected chi connectivity index (χ2v) is 14.1. The van der Waals surface area contributed by atoms with Gasteiger partial charge < -0.3 is 19.8 Å². The summed E-state index contributed by atoms with van der Waals surface area (Å²) >= 11 is 0. The van der Waals surface area contributed by atoms with Gasteiger partial charge in [0.1, 0.15) is 24.1 Å². The first-order chi connectivity index (χ1) is 25.7. The van der Waals surface area contributed by atoms with E-state index in [9.17, 15) is 19.2 Å². The third-order valence-electron chi connectivity index (χ3n) is 10.5. The molecule has 13 heteroatoms. The van der Waals surface area contributed by atoms with Gasteiger partial charge in [-0.05, 0) is 98.7 Å². The molecule has 2 saturated heterocycles. The number of hydrazine groups is 1. The van der Waals surface area contributed by atoms with Crippen molar-refractivity contribution in [3.05, 3.63) is 107 Å². The molecular formula is C40H41N7O6. The standard InChI is InChI=1S/C40H41N7O6/c1-40(27-7-12-31(13-8-27)53-25-29-17-18-41-39(42-29)45-19-2-3-20-45)24-26-5-10-30(11-6-26)52-22-4-21-46(40)44-28-9-14-32-33(23-28)38(51)47(37(32)50)34-15-16-35(48)43-36(34)49/h5-14,17-18,23,34,44H,2-4,15-16,19-22,24-25H2,1H3,(H,43,48,49). The molecule has 2 fully saturated rings. The highest BCUT2D eigenvalue weighted by atomic mass is 16.5. The number of anilines is 2. The monoisotopic (exact) mass is 715 g/mol. The van der Waals surface area contributed by atoms with Crippen LogP contribution in [0.2, 0.25) is 0 Å². The number of nitrogens with zero attached hydrogens (tertiary/aromatic N) is 5. The number of hydrogen-bond donors (Lipinski definition) is 2. The van der Waals surface area contributed by atoms with Gasteiger partial charge in [-0.2, -0.15) is 0 Å². The number of amides is 4. The minimum absolute atomic E-state index is 0.0608. The van der Waals surface area contributed by atoms with Crippen LogP contribution in [0.1, 0.15) is 76.6 Å². The number of ether oxygens (including phenoxy) is 2. The minimum atomic E-state index is -1.03. The Morgan fingerprint density at radius 1 is 0.906 bits per heavy atom. The van der Waals surface area contributed by atoms with Gasteiger partial charge in [-0.3, -0.25) is 29.4 Å². The second-order valence-electron chi connectivity index (χ2n) is 14.1. The van der Waals surface area contributed by atoms with E-state index < -0.39 is 35.2 Å². The van der Waals surface area contributed by atoms with Crippen molar-refractivity contribution in [2.24, 2.45) is 0 Å². The zero-order chi connectivity index (χ0) is 36.5. The molecule has 53 heavy (non-hydrogen) atoms. The highest BCUT2D eigenvalue weighted by molar-refractivity contribution is 6.23. The number of nitrogens with one attached hydrogen (secondary N) is 2. The van der Waals surface area contributed by atoms with Crippen LogP contribution in [0.5, 0.6) is 11.5 Å². The van der Waals surface area contributed by atoms with Gasteiger partial charge in [0.2, 0.25) is 17.8 Å². The van der Waals surface area contributed by atoms with Crippen LogP contribution in [0.25, 0.3) is 0 Å². The topological polar surface area (TPSA) is 146 Å². The molecular weight excluding hydrogens is 674 g/mol. The molecule has 2 unspecified atom stereocenters. The normalized spacial score (nSPS) is 21.9. The Labute approximate surface area is 307 Å². The quantitative estimate of drug-likeness (QED) is 0.247. The Morgan fingerprint density at radius 2 is 1.68 bits per heavy atom. The van der Waals surface area contributed by atoms with Crippen molar-refractivity contribution in [1.82, 2.24) is 25.2 Å². The molecule has 2 atom stereocenters. The van der Waals surface area contributed by atoms with E-state index in [4.69, 9.17) is 14.5 Å². The molecule has 2 bridgehead atoms. The Balaban J connectivity index is 1.05. The number of aromatic nitrogens is 2. The third kappa shape index (κ3) is 6.91. The van der Waals surface area contributed by atoms with Gasteiger partial charge >= 0.3 is 0 Å². The van der Waals surface area contributed by atoms with E-state index >= 15 is 0 Å². The van der Waals surface area contributed by atoms with E-state index in [-0.39, 0.29) is 24.0 Å². The molecule has 4 aromatic rings. The van der Waals surface area contributed by atoms with Crippen LogP contribution in [0, 0.1) is 0 Å². The van der Waals surface area contributed by atoms with Crippen LogP contribution in [0.15, 0.2) is 79.0 Å². The number of fused-ring (bicyclic) bond motifs is 9. The largest absolute Gasteiger partial charge is 0.494 e. The van der Waals surface area contributed by atoms with Crippen LogP contribution >= 0.6 is 0 Å². The zero-order valence-electron chi connectivity index (χ0n) is 29.5. The number of rotatable bonds is 8. The summed E-state index contributed by atoms with van der Waals surface area (Å²) in [4.78, 5) is 63.7. The summed E-state index contributed by atoms with van der Waals surface area (Å²) in [6.07, 6.45) is 5.60. The van der Waals surface area contributed by atoms with Crippen LogP contribution in [0.3, 0.4) is 0 Å². The Kier molecular flexibility index (Phi) is 9.25. The first-order valence-corrected chi connectivity index (χ1v) is 18.2. The molecule has 13 nitrogen and oxygen atoms in total. The zero-order valence-corrected chi connectivity index (χ0v) is 29.5. The molecule has 0 aliphatic carbocycles. The maximum absolute atomic E-state index is 13.6. The number of carbonyl (C=O) groups is 4. The van der Waals surface area contributed by atoms with Crippen molar-refractivity contribution in [1.29, 1.82) is 0 Å². The molecule has 272 valence electrons. The molecule has 1 aromatic heterocycles. The lowest BCUT2D eigenvalue weighted by atomic mass is 9.84. The van der Waals surface area contributed by atoms with Gasteiger partial charge in [-0.25, -0.2) is 15.0 Å². The van der Waals surface area contributed by atoms with Gasteiger partial charge in [0.05, 0.1) is 29.0 Å². The van der Waals surface area contributed by atoms with E-state index in [0.29, 0.717) is 38.3 Å². The van der Waals surface area contributed by atoms with E-state index in [1.54, 1.807) is 24.4 Å². The molecule has 3 aromatic carbocycles. The Morgan fingerprint density at radius 3 is 2.45 bits per heavy atom. The Hall–Kier alpha value is -5.82. The second kappa shape index (κ2) is 14.3. The predicted octanol–water partition coefficient (Wildman–Crippen LogP) is 4.63. The van der Waals surface area contributed by atoms with Crippen LogP contribution in [-0.2, 0) is 28.2 Å². The third-order valence-corrected chi connectivity index (χ3v) is 10.5. The Bertz CT molecular complexity index is 2050. The minimum Gasteiger partial charge on any atom is -0.494 e. The highest BCUT2D eigenvalue weighted by Crippen LogP contribution is 2.36. The van der Waals surface area contributed by atoms with Crippen molar-refractivity contribution < 1.29 is 28.7 Å². The van der Waals surface area contributed by atoms with E-state index in [1.165, 1.54) is 0 Å². The summed E-state index contributed by atoms with van der Waals surface area (Å²) in [6, 6.07) is 22.2. The summed E-state index contributed by atoms with van der Waals surface area (Å²) in [5.74, 6) is 0.134. The van der Waals surface area contributed by atoms with E-state index in [2.05, 4.69) is 56.8 Å². The van der Waals surface area contributed by atoms with Crippen LogP contribution in [-0.4, -0.2) is 75.8 Å². The van der Waals surface area contributed by atoms with Crippen LogP contribution in [0.4, 0.5) is 11.6 Å². The molecule has 2 N–H and O–H groups in total. The van der Waals surface area contributed by atoms with Crippen molar-refractivity contribution in [2.45, 2.75) is 63.6 Å². The smallest absolute Gasteiger partial charge is 0.262 e. The maximum Gasteiger partial charge on any atom is 0.262 e. The number of carbonyl (C=O) groups excluding carboxylic acids is 4. The lowest BCUT2D eigenvalue weighted by molar-refractivity contribution is -0.136. The summed E-state index contributed by atoms with van der Waals surface area (Å²) in [5.41, 5.74) is 7.00. The summed E-state index contributed by atoms with van der Waals surface area (Å²) < 4.78 is 12.2. The summed E-state index contributed by atoms with van der Waals surface area (Å²) in [6.45, 7) is 5.54. The summed E-state index contributed by atoms with van der Waals surface area (Å²) in [5, 5.41) is 4.41. The van der Waals surface area contributed by atoms with Crippen molar-refractivity contribution in [3.8, 4) is 11.5 Å².